The Balaban J connectivity index is 2.16. The number of benzene rings is 2. The molecule has 21 heavy (non-hydrogen) atoms. The number of nitrogens with one attached hydrogen (secondary N) is 1. The standard InChI is InChI=1S/C15H14F2N2O2/c1-21-14-7-11(3-5-13(14)17)19-8-10-6-9(15(18)20)2-4-12(10)16/h2-7,19H,8H2,1H3,(H2,18,20). The van der Waals surface area contributed by atoms with E-state index in [2.05, 4.69) is 5.32 Å². The smallest absolute Gasteiger partial charge is 0.248 e. The maximum absolute atomic E-state index is 13.7. The van der Waals surface area contributed by atoms with E-state index < -0.39 is 17.5 Å². The lowest BCUT2D eigenvalue weighted by atomic mass is 10.1. The van der Waals surface area contributed by atoms with Crippen LogP contribution in [0.1, 0.15) is 15.9 Å². The summed E-state index contributed by atoms with van der Waals surface area (Å²) in [5.74, 6) is -1.47. The molecular formula is C15H14F2N2O2. The number of rotatable bonds is 5. The number of anilines is 1. The number of carbonyl (C=O) groups excluding carboxylic acids is 1. The lowest BCUT2D eigenvalue weighted by Gasteiger charge is -2.10. The molecular weight excluding hydrogens is 278 g/mol. The maximum atomic E-state index is 13.7. The normalized spacial score (nSPS) is 10.2. The Morgan fingerprint density at radius 3 is 2.57 bits per heavy atom. The quantitative estimate of drug-likeness (QED) is 0.890. The van der Waals surface area contributed by atoms with Crippen LogP contribution < -0.4 is 15.8 Å². The van der Waals surface area contributed by atoms with E-state index in [4.69, 9.17) is 10.5 Å². The van der Waals surface area contributed by atoms with E-state index in [1.54, 1.807) is 0 Å². The number of primary amides is 1. The molecule has 2 aromatic carbocycles. The van der Waals surface area contributed by atoms with E-state index in [1.165, 1.54) is 43.5 Å². The molecule has 0 aromatic heterocycles. The molecule has 0 aliphatic heterocycles. The van der Waals surface area contributed by atoms with Crippen molar-refractivity contribution in [1.82, 2.24) is 0 Å². The molecule has 0 atom stereocenters. The van der Waals surface area contributed by atoms with Gasteiger partial charge in [0.05, 0.1) is 7.11 Å². The maximum Gasteiger partial charge on any atom is 0.248 e. The highest BCUT2D eigenvalue weighted by Crippen LogP contribution is 2.22. The van der Waals surface area contributed by atoms with Crippen molar-refractivity contribution < 1.29 is 18.3 Å². The second kappa shape index (κ2) is 6.21. The Hall–Kier alpha value is -2.63. The second-order valence-electron chi connectivity index (χ2n) is 4.37. The number of nitrogens with two attached hydrogens (primary N) is 1. The van der Waals surface area contributed by atoms with Gasteiger partial charge in [0, 0.05) is 29.4 Å². The van der Waals surface area contributed by atoms with Crippen molar-refractivity contribution in [2.24, 2.45) is 5.73 Å². The zero-order valence-corrected chi connectivity index (χ0v) is 11.3. The summed E-state index contributed by atoms with van der Waals surface area (Å²) in [6.07, 6.45) is 0. The van der Waals surface area contributed by atoms with E-state index >= 15 is 0 Å². The van der Waals surface area contributed by atoms with Crippen LogP contribution >= 0.6 is 0 Å². The molecule has 0 bridgehead atoms. The molecule has 0 fully saturated rings. The molecule has 4 nitrogen and oxygen atoms in total. The van der Waals surface area contributed by atoms with Crippen molar-refractivity contribution in [3.8, 4) is 5.75 Å². The summed E-state index contributed by atoms with van der Waals surface area (Å²) < 4.78 is 31.8. The van der Waals surface area contributed by atoms with Crippen molar-refractivity contribution in [3.05, 3.63) is 59.2 Å². The average molecular weight is 292 g/mol. The van der Waals surface area contributed by atoms with Crippen LogP contribution in [0.3, 0.4) is 0 Å². The second-order valence-corrected chi connectivity index (χ2v) is 4.37. The number of hydrogen-bond donors (Lipinski definition) is 2. The van der Waals surface area contributed by atoms with E-state index in [9.17, 15) is 13.6 Å². The molecule has 1 amide bonds. The fraction of sp³-hybridized carbons (Fsp3) is 0.133. The summed E-state index contributed by atoms with van der Waals surface area (Å²) in [7, 11) is 1.36. The Kier molecular flexibility index (Phi) is 4.37. The van der Waals surface area contributed by atoms with Gasteiger partial charge in [-0.05, 0) is 30.3 Å². The van der Waals surface area contributed by atoms with Crippen molar-refractivity contribution in [3.63, 3.8) is 0 Å². The van der Waals surface area contributed by atoms with E-state index in [0.717, 1.165) is 0 Å². The van der Waals surface area contributed by atoms with Gasteiger partial charge in [0.1, 0.15) is 5.82 Å². The minimum atomic E-state index is -0.625. The Bertz CT molecular complexity index is 675. The molecule has 0 aliphatic rings. The molecule has 0 unspecified atom stereocenters. The SMILES string of the molecule is COc1cc(NCc2cc(C(N)=O)ccc2F)ccc1F. The van der Waals surface area contributed by atoms with Gasteiger partial charge in [-0.1, -0.05) is 0 Å². The van der Waals surface area contributed by atoms with Crippen LogP contribution in [0.5, 0.6) is 5.75 Å². The highest BCUT2D eigenvalue weighted by atomic mass is 19.1. The number of halogens is 2. The number of ether oxygens (including phenoxy) is 1. The molecule has 0 radical (unpaired) electrons. The van der Waals surface area contributed by atoms with Crippen molar-refractivity contribution in [2.75, 3.05) is 12.4 Å². The van der Waals surface area contributed by atoms with Gasteiger partial charge < -0.3 is 15.8 Å². The van der Waals surface area contributed by atoms with Crippen molar-refractivity contribution in [1.29, 1.82) is 0 Å². The van der Waals surface area contributed by atoms with Gasteiger partial charge in [-0.2, -0.15) is 0 Å². The van der Waals surface area contributed by atoms with Crippen LogP contribution in [0.25, 0.3) is 0 Å². The van der Waals surface area contributed by atoms with Gasteiger partial charge in [-0.25, -0.2) is 8.78 Å². The van der Waals surface area contributed by atoms with Crippen molar-refractivity contribution in [2.45, 2.75) is 6.54 Å². The van der Waals surface area contributed by atoms with Crippen LogP contribution in [-0.2, 0) is 6.54 Å². The van der Waals surface area contributed by atoms with E-state index in [0.29, 0.717) is 5.69 Å². The Labute approximate surface area is 120 Å². The van der Waals surface area contributed by atoms with Gasteiger partial charge in [0.15, 0.2) is 11.6 Å². The van der Waals surface area contributed by atoms with Crippen LogP contribution in [0, 0.1) is 11.6 Å². The molecule has 0 saturated carbocycles. The van der Waals surface area contributed by atoms with Crippen LogP contribution in [0.2, 0.25) is 0 Å². The summed E-state index contributed by atoms with van der Waals surface area (Å²) >= 11 is 0. The Morgan fingerprint density at radius 2 is 1.90 bits per heavy atom. The predicted octanol–water partition coefficient (Wildman–Crippen LogP) is 2.68. The Morgan fingerprint density at radius 1 is 1.19 bits per heavy atom. The first kappa shape index (κ1) is 14.8. The third kappa shape index (κ3) is 3.47. The fourth-order valence-corrected chi connectivity index (χ4v) is 1.83. The number of amides is 1. The third-order valence-corrected chi connectivity index (χ3v) is 2.96. The van der Waals surface area contributed by atoms with Gasteiger partial charge in [0.2, 0.25) is 5.91 Å². The molecule has 2 aromatic rings. The predicted molar refractivity (Wildman–Crippen MR) is 75.2 cm³/mol. The summed E-state index contributed by atoms with van der Waals surface area (Å²) in [4.78, 5) is 11.1. The van der Waals surface area contributed by atoms with Crippen LogP contribution in [-0.4, -0.2) is 13.0 Å². The van der Waals surface area contributed by atoms with Gasteiger partial charge >= 0.3 is 0 Å². The number of hydrogen-bond acceptors (Lipinski definition) is 3. The first-order valence-corrected chi connectivity index (χ1v) is 6.17. The molecule has 0 spiro atoms. The zero-order chi connectivity index (χ0) is 15.4. The monoisotopic (exact) mass is 292 g/mol. The fourth-order valence-electron chi connectivity index (χ4n) is 1.83. The topological polar surface area (TPSA) is 64.3 Å². The van der Waals surface area contributed by atoms with E-state index in [1.807, 2.05) is 0 Å². The average Bonchev–Trinajstić information content (AvgIpc) is 2.47. The first-order chi connectivity index (χ1) is 10.0. The van der Waals surface area contributed by atoms with E-state index in [-0.39, 0.29) is 23.4 Å². The molecule has 2 rings (SSSR count). The molecule has 110 valence electrons. The highest BCUT2D eigenvalue weighted by Gasteiger charge is 2.08. The summed E-state index contributed by atoms with van der Waals surface area (Å²) in [6, 6.07) is 8.10. The summed E-state index contributed by atoms with van der Waals surface area (Å²) in [5, 5.41) is 2.93. The molecule has 6 heteroatoms. The van der Waals surface area contributed by atoms with Gasteiger partial charge in [0.25, 0.3) is 0 Å². The lowest BCUT2D eigenvalue weighted by Crippen LogP contribution is -2.12. The van der Waals surface area contributed by atoms with Crippen LogP contribution in [0.15, 0.2) is 36.4 Å². The van der Waals surface area contributed by atoms with Crippen molar-refractivity contribution >= 4 is 11.6 Å². The minimum Gasteiger partial charge on any atom is -0.494 e. The molecule has 0 saturated heterocycles. The molecule has 0 heterocycles. The minimum absolute atomic E-state index is 0.0892. The van der Waals surface area contributed by atoms with Gasteiger partial charge in [-0.15, -0.1) is 0 Å². The lowest BCUT2D eigenvalue weighted by molar-refractivity contribution is 0.1000. The largest absolute Gasteiger partial charge is 0.494 e. The number of methoxy groups -OCH3 is 1. The summed E-state index contributed by atoms with van der Waals surface area (Å²) in [5.41, 5.74) is 6.23. The number of carbonyl (C=O) groups is 1. The van der Waals surface area contributed by atoms with Crippen LogP contribution in [0.4, 0.5) is 14.5 Å². The third-order valence-electron chi connectivity index (χ3n) is 2.96. The molecule has 3 N–H and O–H groups in total. The molecule has 0 aliphatic carbocycles. The zero-order valence-electron chi connectivity index (χ0n) is 11.3. The van der Waals surface area contributed by atoms with Gasteiger partial charge in [-0.3, -0.25) is 4.79 Å². The first-order valence-electron chi connectivity index (χ1n) is 6.17. The summed E-state index contributed by atoms with van der Waals surface area (Å²) in [6.45, 7) is 0.127. The highest BCUT2D eigenvalue weighted by molar-refractivity contribution is 5.92.